The highest BCUT2D eigenvalue weighted by molar-refractivity contribution is 7.98. The minimum Gasteiger partial charge on any atom is -0.416 e. The van der Waals surface area contributed by atoms with Gasteiger partial charge in [-0.25, -0.2) is 4.98 Å². The van der Waals surface area contributed by atoms with Crippen LogP contribution in [0, 0.1) is 0 Å². The highest BCUT2D eigenvalue weighted by Crippen LogP contribution is 2.33. The Morgan fingerprint density at radius 1 is 1.39 bits per heavy atom. The van der Waals surface area contributed by atoms with Crippen LogP contribution in [0.3, 0.4) is 0 Å². The summed E-state index contributed by atoms with van der Waals surface area (Å²) in [5, 5.41) is 11.6. The summed E-state index contributed by atoms with van der Waals surface area (Å²) in [5.74, 6) is 1.85. The van der Waals surface area contributed by atoms with Crippen LogP contribution in [0.15, 0.2) is 15.0 Å². The first-order valence-electron chi connectivity index (χ1n) is 7.78. The van der Waals surface area contributed by atoms with E-state index in [-0.39, 0.29) is 5.91 Å². The van der Waals surface area contributed by atoms with E-state index in [9.17, 15) is 4.79 Å². The van der Waals surface area contributed by atoms with Crippen molar-refractivity contribution in [2.45, 2.75) is 55.9 Å². The second-order valence-electron chi connectivity index (χ2n) is 5.73. The Labute approximate surface area is 143 Å². The van der Waals surface area contributed by atoms with Gasteiger partial charge >= 0.3 is 0 Å². The lowest BCUT2D eigenvalue weighted by molar-refractivity contribution is -0.116. The first-order chi connectivity index (χ1) is 11.1. The number of amides is 1. The third-order valence-electron chi connectivity index (χ3n) is 4.02. The fourth-order valence-corrected chi connectivity index (χ4v) is 4.18. The summed E-state index contributed by atoms with van der Waals surface area (Å²) in [5.41, 5.74) is 0.917. The predicted molar refractivity (Wildman–Crippen MR) is 90.9 cm³/mol. The standard InChI is InChI=1S/C15H20N4O2S2/c1-10(20)19(2)14-16-12(8-22-14)9-23-15-18-17-13(21-15)11-6-4-3-5-7-11/h8,11H,3-7,9H2,1-2H3. The van der Waals surface area contributed by atoms with Gasteiger partial charge in [-0.05, 0) is 12.8 Å². The average Bonchev–Trinajstić information content (AvgIpc) is 3.22. The number of aromatic nitrogens is 3. The van der Waals surface area contributed by atoms with Crippen molar-refractivity contribution in [1.82, 2.24) is 15.2 Å². The third kappa shape index (κ3) is 4.11. The number of thioether (sulfide) groups is 1. The van der Waals surface area contributed by atoms with Gasteiger partial charge in [0.1, 0.15) is 0 Å². The van der Waals surface area contributed by atoms with Crippen molar-refractivity contribution in [1.29, 1.82) is 0 Å². The number of carbonyl (C=O) groups excluding carboxylic acids is 1. The second-order valence-corrected chi connectivity index (χ2v) is 7.49. The lowest BCUT2D eigenvalue weighted by atomic mass is 9.89. The molecule has 6 nitrogen and oxygen atoms in total. The third-order valence-corrected chi connectivity index (χ3v) is 5.84. The zero-order chi connectivity index (χ0) is 16.2. The molecule has 3 rings (SSSR count). The van der Waals surface area contributed by atoms with Crippen LogP contribution in [-0.4, -0.2) is 28.1 Å². The van der Waals surface area contributed by atoms with E-state index in [1.165, 1.54) is 49.3 Å². The van der Waals surface area contributed by atoms with Crippen molar-refractivity contribution >= 4 is 34.1 Å². The normalized spacial score (nSPS) is 15.7. The van der Waals surface area contributed by atoms with Crippen LogP contribution in [0.2, 0.25) is 0 Å². The summed E-state index contributed by atoms with van der Waals surface area (Å²) < 4.78 is 5.79. The van der Waals surface area contributed by atoms with E-state index in [0.29, 0.717) is 22.0 Å². The topological polar surface area (TPSA) is 72.1 Å². The second kappa shape index (κ2) is 7.44. The molecule has 8 heteroatoms. The van der Waals surface area contributed by atoms with Crippen molar-refractivity contribution in [2.24, 2.45) is 0 Å². The number of anilines is 1. The van der Waals surface area contributed by atoms with E-state index in [4.69, 9.17) is 4.42 Å². The summed E-state index contributed by atoms with van der Waals surface area (Å²) in [4.78, 5) is 17.3. The van der Waals surface area contributed by atoms with Gasteiger partial charge in [0.2, 0.25) is 11.8 Å². The summed E-state index contributed by atoms with van der Waals surface area (Å²) in [7, 11) is 1.73. The van der Waals surface area contributed by atoms with Gasteiger partial charge in [-0.15, -0.1) is 21.5 Å². The maximum atomic E-state index is 11.3. The first kappa shape index (κ1) is 16.4. The number of rotatable bonds is 5. The van der Waals surface area contributed by atoms with E-state index in [1.807, 2.05) is 5.38 Å². The van der Waals surface area contributed by atoms with Crippen LogP contribution in [-0.2, 0) is 10.5 Å². The Hall–Kier alpha value is -1.41. The fourth-order valence-electron chi connectivity index (χ4n) is 2.58. The largest absolute Gasteiger partial charge is 0.416 e. The van der Waals surface area contributed by atoms with Crippen LogP contribution >= 0.6 is 23.1 Å². The molecule has 1 aliphatic carbocycles. The number of hydrogen-bond donors (Lipinski definition) is 0. The summed E-state index contributed by atoms with van der Waals surface area (Å²) in [6, 6.07) is 0. The molecule has 1 saturated carbocycles. The van der Waals surface area contributed by atoms with Crippen LogP contribution in [0.4, 0.5) is 5.13 Å². The Morgan fingerprint density at radius 2 is 2.17 bits per heavy atom. The molecule has 1 aliphatic rings. The van der Waals surface area contributed by atoms with Gasteiger partial charge in [-0.2, -0.15) is 0 Å². The Kier molecular flexibility index (Phi) is 5.32. The van der Waals surface area contributed by atoms with E-state index >= 15 is 0 Å². The molecule has 2 aromatic rings. The average molecular weight is 352 g/mol. The molecular formula is C15H20N4O2S2. The highest BCUT2D eigenvalue weighted by atomic mass is 32.2. The van der Waals surface area contributed by atoms with Gasteiger partial charge in [-0.3, -0.25) is 9.69 Å². The highest BCUT2D eigenvalue weighted by Gasteiger charge is 2.21. The van der Waals surface area contributed by atoms with E-state index in [2.05, 4.69) is 15.2 Å². The maximum Gasteiger partial charge on any atom is 0.276 e. The van der Waals surface area contributed by atoms with Gasteiger partial charge in [0, 0.05) is 31.0 Å². The number of thiazole rings is 1. The van der Waals surface area contributed by atoms with Gasteiger partial charge < -0.3 is 4.42 Å². The zero-order valence-electron chi connectivity index (χ0n) is 13.3. The quantitative estimate of drug-likeness (QED) is 0.761. The van der Waals surface area contributed by atoms with Crippen molar-refractivity contribution in [3.8, 4) is 0 Å². The van der Waals surface area contributed by atoms with Crippen LogP contribution in [0.1, 0.15) is 56.5 Å². The minimum absolute atomic E-state index is 0.0208. The van der Waals surface area contributed by atoms with E-state index in [0.717, 1.165) is 24.4 Å². The number of carbonyl (C=O) groups is 1. The molecule has 0 N–H and O–H groups in total. The Morgan fingerprint density at radius 3 is 2.91 bits per heavy atom. The van der Waals surface area contributed by atoms with Crippen molar-refractivity contribution < 1.29 is 9.21 Å². The lowest BCUT2D eigenvalue weighted by Gasteiger charge is -2.17. The summed E-state index contributed by atoms with van der Waals surface area (Å²) in [6.45, 7) is 1.53. The molecule has 2 heterocycles. The summed E-state index contributed by atoms with van der Waals surface area (Å²) in [6.07, 6.45) is 6.12. The predicted octanol–water partition coefficient (Wildman–Crippen LogP) is 3.85. The molecule has 0 spiro atoms. The molecule has 0 radical (unpaired) electrons. The molecule has 0 unspecified atom stereocenters. The fraction of sp³-hybridized carbons (Fsp3) is 0.600. The van der Waals surface area contributed by atoms with Crippen molar-refractivity contribution in [3.05, 3.63) is 17.0 Å². The van der Waals surface area contributed by atoms with Crippen molar-refractivity contribution in [3.63, 3.8) is 0 Å². The smallest absolute Gasteiger partial charge is 0.276 e. The molecule has 1 amide bonds. The molecule has 2 aromatic heterocycles. The zero-order valence-corrected chi connectivity index (χ0v) is 15.0. The first-order valence-corrected chi connectivity index (χ1v) is 9.65. The lowest BCUT2D eigenvalue weighted by Crippen LogP contribution is -2.22. The molecule has 0 aromatic carbocycles. The van der Waals surface area contributed by atoms with Crippen LogP contribution in [0.25, 0.3) is 0 Å². The molecular weight excluding hydrogens is 332 g/mol. The number of hydrogen-bond acceptors (Lipinski definition) is 7. The van der Waals surface area contributed by atoms with Crippen molar-refractivity contribution in [2.75, 3.05) is 11.9 Å². The maximum absolute atomic E-state index is 11.3. The van der Waals surface area contributed by atoms with Crippen LogP contribution < -0.4 is 4.90 Å². The molecule has 23 heavy (non-hydrogen) atoms. The van der Waals surface area contributed by atoms with E-state index in [1.54, 1.807) is 11.9 Å². The summed E-state index contributed by atoms with van der Waals surface area (Å²) >= 11 is 2.96. The molecule has 0 saturated heterocycles. The molecule has 0 bridgehead atoms. The van der Waals surface area contributed by atoms with Gasteiger partial charge in [0.05, 0.1) is 5.69 Å². The Balaban J connectivity index is 1.56. The Bertz CT molecular complexity index is 664. The molecule has 124 valence electrons. The monoisotopic (exact) mass is 352 g/mol. The molecule has 0 atom stereocenters. The van der Waals surface area contributed by atoms with Gasteiger partial charge in [0.15, 0.2) is 5.13 Å². The van der Waals surface area contributed by atoms with Gasteiger partial charge in [0.25, 0.3) is 5.22 Å². The van der Waals surface area contributed by atoms with Gasteiger partial charge in [-0.1, -0.05) is 31.0 Å². The molecule has 0 aliphatic heterocycles. The minimum atomic E-state index is -0.0208. The SMILES string of the molecule is CC(=O)N(C)c1nc(CSc2nnc(C3CCCCC3)o2)cs1. The molecule has 1 fully saturated rings. The van der Waals surface area contributed by atoms with Crippen LogP contribution in [0.5, 0.6) is 0 Å². The number of nitrogens with zero attached hydrogens (tertiary/aromatic N) is 4. The van der Waals surface area contributed by atoms with E-state index < -0.39 is 0 Å².